The zero-order chi connectivity index (χ0) is 13.9. The molecule has 7 heteroatoms. The van der Waals surface area contributed by atoms with Crippen LogP contribution in [0.15, 0.2) is 0 Å². The molecule has 0 aromatic carbocycles. The van der Waals surface area contributed by atoms with Gasteiger partial charge in [-0.15, -0.1) is 0 Å². The third kappa shape index (κ3) is 3.46. The first-order valence-corrected chi connectivity index (χ1v) is 8.34. The minimum atomic E-state index is -3.46. The van der Waals surface area contributed by atoms with Crippen molar-refractivity contribution in [3.8, 4) is 0 Å². The molecule has 0 bridgehead atoms. The highest BCUT2D eigenvalue weighted by molar-refractivity contribution is 7.89. The van der Waals surface area contributed by atoms with E-state index >= 15 is 0 Å². The third-order valence-corrected chi connectivity index (χ3v) is 5.65. The first kappa shape index (κ1) is 14.7. The Bertz CT molecular complexity index is 416. The average molecular weight is 291 g/mol. The second-order valence-electron chi connectivity index (χ2n) is 5.06. The van der Waals surface area contributed by atoms with Gasteiger partial charge in [-0.05, 0) is 32.1 Å². The van der Waals surface area contributed by atoms with Crippen LogP contribution in [-0.2, 0) is 24.3 Å². The number of esters is 1. The van der Waals surface area contributed by atoms with Gasteiger partial charge < -0.3 is 9.47 Å². The summed E-state index contributed by atoms with van der Waals surface area (Å²) in [6, 6.07) is -0.662. The Kier molecular flexibility index (Phi) is 4.81. The summed E-state index contributed by atoms with van der Waals surface area (Å²) in [7, 11) is -2.17. The Morgan fingerprint density at radius 1 is 1.32 bits per heavy atom. The van der Waals surface area contributed by atoms with Gasteiger partial charge >= 0.3 is 5.97 Å². The van der Waals surface area contributed by atoms with Crippen LogP contribution in [0.4, 0.5) is 0 Å². The molecule has 19 heavy (non-hydrogen) atoms. The van der Waals surface area contributed by atoms with Crippen LogP contribution in [-0.4, -0.2) is 56.9 Å². The highest BCUT2D eigenvalue weighted by Crippen LogP contribution is 2.24. The van der Waals surface area contributed by atoms with Gasteiger partial charge in [0, 0.05) is 13.2 Å². The minimum Gasteiger partial charge on any atom is -0.468 e. The Balaban J connectivity index is 2.09. The average Bonchev–Trinajstić information content (AvgIpc) is 2.90. The van der Waals surface area contributed by atoms with E-state index in [-0.39, 0.29) is 11.9 Å². The maximum atomic E-state index is 12.4. The summed E-state index contributed by atoms with van der Waals surface area (Å²) >= 11 is 0. The van der Waals surface area contributed by atoms with Gasteiger partial charge in [0.1, 0.15) is 6.04 Å². The Hall–Kier alpha value is -0.660. The molecule has 2 rings (SSSR count). The fourth-order valence-corrected chi connectivity index (χ4v) is 4.63. The smallest absolute Gasteiger partial charge is 0.324 e. The maximum Gasteiger partial charge on any atom is 0.324 e. The highest BCUT2D eigenvalue weighted by Gasteiger charge is 2.38. The molecule has 2 saturated heterocycles. The van der Waals surface area contributed by atoms with E-state index in [0.29, 0.717) is 19.6 Å². The molecule has 0 radical (unpaired) electrons. The molecule has 2 aliphatic heterocycles. The summed E-state index contributed by atoms with van der Waals surface area (Å²) in [5.74, 6) is -0.490. The number of rotatable bonds is 4. The minimum absolute atomic E-state index is 0.0273. The van der Waals surface area contributed by atoms with Crippen LogP contribution in [0.2, 0.25) is 0 Å². The van der Waals surface area contributed by atoms with Gasteiger partial charge in [-0.2, -0.15) is 4.31 Å². The largest absolute Gasteiger partial charge is 0.468 e. The zero-order valence-corrected chi connectivity index (χ0v) is 12.0. The lowest BCUT2D eigenvalue weighted by molar-refractivity contribution is -0.146. The second-order valence-corrected chi connectivity index (χ2v) is 7.03. The van der Waals surface area contributed by atoms with Gasteiger partial charge in [0.2, 0.25) is 10.0 Å². The second kappa shape index (κ2) is 6.19. The summed E-state index contributed by atoms with van der Waals surface area (Å²) in [5, 5.41) is 0. The van der Waals surface area contributed by atoms with Gasteiger partial charge in [0.15, 0.2) is 0 Å². The van der Waals surface area contributed by atoms with E-state index in [1.807, 2.05) is 0 Å². The number of methoxy groups -OCH3 is 1. The van der Waals surface area contributed by atoms with Crippen molar-refractivity contribution in [2.75, 3.05) is 26.0 Å². The topological polar surface area (TPSA) is 72.9 Å². The third-order valence-electron chi connectivity index (χ3n) is 3.70. The van der Waals surface area contributed by atoms with Crippen molar-refractivity contribution in [2.24, 2.45) is 0 Å². The molecule has 2 unspecified atom stereocenters. The Morgan fingerprint density at radius 2 is 2.11 bits per heavy atom. The predicted molar refractivity (Wildman–Crippen MR) is 69.1 cm³/mol. The molecular formula is C12H21NO5S. The molecule has 0 aromatic heterocycles. The first-order valence-electron chi connectivity index (χ1n) is 6.73. The van der Waals surface area contributed by atoms with Gasteiger partial charge in [-0.1, -0.05) is 0 Å². The van der Waals surface area contributed by atoms with Crippen LogP contribution in [0.3, 0.4) is 0 Å². The molecule has 110 valence electrons. The molecular weight excluding hydrogens is 270 g/mol. The SMILES string of the molecule is COC(=O)C1CCCCN1S(=O)(=O)CC1CCCO1. The van der Waals surface area contributed by atoms with Gasteiger partial charge in [-0.3, -0.25) is 4.79 Å². The van der Waals surface area contributed by atoms with Crippen LogP contribution < -0.4 is 0 Å². The molecule has 0 spiro atoms. The molecule has 2 fully saturated rings. The number of ether oxygens (including phenoxy) is 2. The summed E-state index contributed by atoms with van der Waals surface area (Å²) in [6.45, 7) is 1.02. The van der Waals surface area contributed by atoms with E-state index < -0.39 is 22.0 Å². The lowest BCUT2D eigenvalue weighted by Gasteiger charge is -2.33. The standard InChI is InChI=1S/C12H21NO5S/c1-17-12(14)11-6-2-3-7-13(11)19(15,16)9-10-5-4-8-18-10/h10-11H,2-9H2,1H3. The van der Waals surface area contributed by atoms with E-state index in [1.165, 1.54) is 11.4 Å². The predicted octanol–water partition coefficient (Wildman–Crippen LogP) is 0.523. The van der Waals surface area contributed by atoms with E-state index in [9.17, 15) is 13.2 Å². The van der Waals surface area contributed by atoms with Crippen LogP contribution in [0, 0.1) is 0 Å². The molecule has 0 amide bonds. The van der Waals surface area contributed by atoms with E-state index in [1.54, 1.807) is 0 Å². The van der Waals surface area contributed by atoms with E-state index in [4.69, 9.17) is 9.47 Å². The van der Waals surface area contributed by atoms with Crippen LogP contribution in [0.1, 0.15) is 32.1 Å². The number of piperidine rings is 1. The lowest BCUT2D eigenvalue weighted by atomic mass is 10.1. The zero-order valence-electron chi connectivity index (χ0n) is 11.2. The van der Waals surface area contributed by atoms with Crippen molar-refractivity contribution >= 4 is 16.0 Å². The summed E-state index contributed by atoms with van der Waals surface area (Å²) in [6.07, 6.45) is 3.63. The number of hydrogen-bond acceptors (Lipinski definition) is 5. The Labute approximate surface area is 114 Å². The van der Waals surface area contributed by atoms with Crippen molar-refractivity contribution in [1.82, 2.24) is 4.31 Å². The number of sulfonamides is 1. The Morgan fingerprint density at radius 3 is 2.74 bits per heavy atom. The van der Waals surface area contributed by atoms with Gasteiger partial charge in [-0.25, -0.2) is 8.42 Å². The molecule has 0 aromatic rings. The monoisotopic (exact) mass is 291 g/mol. The van der Waals surface area contributed by atoms with Crippen LogP contribution in [0.5, 0.6) is 0 Å². The molecule has 6 nitrogen and oxygen atoms in total. The molecule has 2 aliphatic rings. The quantitative estimate of drug-likeness (QED) is 0.706. The van der Waals surface area contributed by atoms with E-state index in [2.05, 4.69) is 0 Å². The van der Waals surface area contributed by atoms with Crippen molar-refractivity contribution in [3.05, 3.63) is 0 Å². The van der Waals surface area contributed by atoms with Crippen molar-refractivity contribution < 1.29 is 22.7 Å². The van der Waals surface area contributed by atoms with E-state index in [0.717, 1.165) is 25.7 Å². The maximum absolute atomic E-state index is 12.4. The number of carbonyl (C=O) groups is 1. The highest BCUT2D eigenvalue weighted by atomic mass is 32.2. The first-order chi connectivity index (χ1) is 9.04. The van der Waals surface area contributed by atoms with Crippen LogP contribution in [0.25, 0.3) is 0 Å². The van der Waals surface area contributed by atoms with Gasteiger partial charge in [0.25, 0.3) is 0 Å². The fraction of sp³-hybridized carbons (Fsp3) is 0.917. The lowest BCUT2D eigenvalue weighted by Crippen LogP contribution is -2.50. The fourth-order valence-electron chi connectivity index (χ4n) is 2.72. The summed E-state index contributed by atoms with van der Waals surface area (Å²) in [4.78, 5) is 11.7. The van der Waals surface area contributed by atoms with Crippen molar-refractivity contribution in [1.29, 1.82) is 0 Å². The van der Waals surface area contributed by atoms with Crippen LogP contribution >= 0.6 is 0 Å². The van der Waals surface area contributed by atoms with Crippen molar-refractivity contribution in [2.45, 2.75) is 44.2 Å². The summed E-state index contributed by atoms with van der Waals surface area (Å²) in [5.41, 5.74) is 0. The normalized spacial score (nSPS) is 29.3. The molecule has 2 heterocycles. The molecule has 0 saturated carbocycles. The van der Waals surface area contributed by atoms with Crippen molar-refractivity contribution in [3.63, 3.8) is 0 Å². The number of nitrogens with zero attached hydrogens (tertiary/aromatic N) is 1. The summed E-state index contributed by atoms with van der Waals surface area (Å²) < 4.78 is 36.2. The number of carbonyl (C=O) groups excluding carboxylic acids is 1. The molecule has 0 aliphatic carbocycles. The van der Waals surface area contributed by atoms with Gasteiger partial charge in [0.05, 0.1) is 19.0 Å². The molecule has 2 atom stereocenters. The number of hydrogen-bond donors (Lipinski definition) is 0. The molecule has 0 N–H and O–H groups in total.